The molecule has 0 radical (unpaired) electrons. The molecule has 7 heteroatoms. The van der Waals surface area contributed by atoms with E-state index in [1.54, 1.807) is 0 Å². The van der Waals surface area contributed by atoms with E-state index >= 15 is 0 Å². The van der Waals surface area contributed by atoms with Gasteiger partial charge in [0.2, 0.25) is 5.91 Å². The Kier molecular flexibility index (Phi) is 5.82. The molecule has 2 heterocycles. The van der Waals surface area contributed by atoms with Gasteiger partial charge in [0.15, 0.2) is 0 Å². The molecule has 6 nitrogen and oxygen atoms in total. The third kappa shape index (κ3) is 4.70. The second kappa shape index (κ2) is 7.70. The van der Waals surface area contributed by atoms with Crippen LogP contribution in [0.15, 0.2) is 0 Å². The van der Waals surface area contributed by atoms with Gasteiger partial charge in [-0.3, -0.25) is 9.69 Å². The molecule has 0 aromatic rings. The van der Waals surface area contributed by atoms with Crippen molar-refractivity contribution in [2.45, 2.75) is 38.6 Å². The third-order valence-electron chi connectivity index (χ3n) is 5.68. The van der Waals surface area contributed by atoms with E-state index in [2.05, 4.69) is 10.2 Å². The van der Waals surface area contributed by atoms with Crippen molar-refractivity contribution in [3.8, 4) is 0 Å². The molecule has 2 saturated heterocycles. The van der Waals surface area contributed by atoms with Crippen LogP contribution in [0.25, 0.3) is 0 Å². The van der Waals surface area contributed by atoms with Crippen LogP contribution in [0.2, 0.25) is 0 Å². The number of amides is 1. The molecule has 3 fully saturated rings. The topological polar surface area (TPSA) is 75.7 Å². The van der Waals surface area contributed by atoms with Crippen molar-refractivity contribution in [2.75, 3.05) is 44.4 Å². The predicted octanol–water partition coefficient (Wildman–Crippen LogP) is 0.674. The molecular weight excluding hydrogens is 328 g/mol. The number of carbonyl (C=O) groups excluding carboxylic acids is 1. The zero-order chi connectivity index (χ0) is 17.2. The van der Waals surface area contributed by atoms with Crippen LogP contribution in [0, 0.1) is 17.8 Å². The Morgan fingerprint density at radius 3 is 2.50 bits per heavy atom. The lowest BCUT2D eigenvalue weighted by Gasteiger charge is -2.25. The van der Waals surface area contributed by atoms with Gasteiger partial charge in [0.1, 0.15) is 9.84 Å². The van der Waals surface area contributed by atoms with Crippen molar-refractivity contribution in [1.29, 1.82) is 0 Å². The maximum Gasteiger partial charge on any atom is 0.223 e. The first kappa shape index (κ1) is 18.1. The number of nitrogens with one attached hydrogen (secondary N) is 1. The zero-order valence-corrected chi connectivity index (χ0v) is 15.4. The highest BCUT2D eigenvalue weighted by Crippen LogP contribution is 2.41. The number of rotatable bonds is 7. The molecular formula is C17H30N2O4S. The fourth-order valence-corrected chi connectivity index (χ4v) is 5.53. The number of hydrogen-bond acceptors (Lipinski definition) is 5. The Hall–Kier alpha value is -0.660. The Labute approximate surface area is 145 Å². The van der Waals surface area contributed by atoms with Gasteiger partial charge < -0.3 is 10.1 Å². The lowest BCUT2D eigenvalue weighted by Crippen LogP contribution is -2.45. The summed E-state index contributed by atoms with van der Waals surface area (Å²) in [5, 5.41) is 3.25. The van der Waals surface area contributed by atoms with Crippen LogP contribution in [0.3, 0.4) is 0 Å². The third-order valence-corrected chi connectivity index (χ3v) is 7.39. The predicted molar refractivity (Wildman–Crippen MR) is 92.5 cm³/mol. The first-order valence-corrected chi connectivity index (χ1v) is 11.1. The lowest BCUT2D eigenvalue weighted by molar-refractivity contribution is -0.126. The molecule has 2 atom stereocenters. The summed E-state index contributed by atoms with van der Waals surface area (Å²) in [7, 11) is -2.91. The Morgan fingerprint density at radius 2 is 1.88 bits per heavy atom. The highest BCUT2D eigenvalue weighted by Gasteiger charge is 2.43. The minimum Gasteiger partial charge on any atom is -0.380 e. The van der Waals surface area contributed by atoms with E-state index in [0.717, 1.165) is 38.8 Å². The molecule has 3 aliphatic rings. The summed E-state index contributed by atoms with van der Waals surface area (Å²) in [6.07, 6.45) is 3.50. The molecule has 1 N–H and O–H groups in total. The number of carbonyl (C=O) groups is 1. The van der Waals surface area contributed by atoms with Gasteiger partial charge in [0.05, 0.1) is 18.1 Å². The molecule has 1 amide bonds. The second-order valence-corrected chi connectivity index (χ2v) is 9.80. The average molecular weight is 359 g/mol. The number of sulfone groups is 1. The Balaban J connectivity index is 1.51. The summed E-state index contributed by atoms with van der Waals surface area (Å²) < 4.78 is 28.5. The number of ether oxygens (including phenoxy) is 1. The van der Waals surface area contributed by atoms with Crippen LogP contribution >= 0.6 is 0 Å². The SMILES string of the molecule is CCOCCN1CC(NC(=O)C2CCS(=O)(=O)CC2)C(C2CC2)C1. The van der Waals surface area contributed by atoms with Crippen LogP contribution in [0.4, 0.5) is 0 Å². The number of nitrogens with zero attached hydrogens (tertiary/aromatic N) is 1. The Bertz CT molecular complexity index is 533. The lowest BCUT2D eigenvalue weighted by atomic mass is 9.96. The van der Waals surface area contributed by atoms with Crippen molar-refractivity contribution in [3.63, 3.8) is 0 Å². The first-order chi connectivity index (χ1) is 11.5. The molecule has 24 heavy (non-hydrogen) atoms. The second-order valence-electron chi connectivity index (χ2n) is 7.50. The van der Waals surface area contributed by atoms with Crippen molar-refractivity contribution in [1.82, 2.24) is 10.2 Å². The van der Waals surface area contributed by atoms with E-state index in [1.165, 1.54) is 12.8 Å². The molecule has 2 aliphatic heterocycles. The van der Waals surface area contributed by atoms with Gasteiger partial charge in [-0.05, 0) is 44.4 Å². The van der Waals surface area contributed by atoms with Crippen molar-refractivity contribution in [3.05, 3.63) is 0 Å². The normalized spacial score (nSPS) is 31.2. The quantitative estimate of drug-likeness (QED) is 0.677. The van der Waals surface area contributed by atoms with E-state index in [-0.39, 0.29) is 29.4 Å². The van der Waals surface area contributed by atoms with Gasteiger partial charge in [0.25, 0.3) is 0 Å². The maximum absolute atomic E-state index is 12.6. The molecule has 2 unspecified atom stereocenters. The monoisotopic (exact) mass is 358 g/mol. The highest BCUT2D eigenvalue weighted by atomic mass is 32.2. The van der Waals surface area contributed by atoms with Crippen LogP contribution in [0.1, 0.15) is 32.6 Å². The van der Waals surface area contributed by atoms with Crippen LogP contribution in [-0.4, -0.2) is 69.6 Å². The molecule has 0 bridgehead atoms. The fraction of sp³-hybridized carbons (Fsp3) is 0.941. The van der Waals surface area contributed by atoms with E-state index in [1.807, 2.05) is 6.92 Å². The van der Waals surface area contributed by atoms with Crippen LogP contribution in [-0.2, 0) is 19.4 Å². The summed E-state index contributed by atoms with van der Waals surface area (Å²) in [4.78, 5) is 15.0. The zero-order valence-electron chi connectivity index (χ0n) is 14.6. The number of likely N-dealkylation sites (tertiary alicyclic amines) is 1. The van der Waals surface area contributed by atoms with E-state index in [4.69, 9.17) is 4.74 Å². The summed E-state index contributed by atoms with van der Waals surface area (Å²) in [5.41, 5.74) is 0. The van der Waals surface area contributed by atoms with Gasteiger partial charge in [-0.2, -0.15) is 0 Å². The van der Waals surface area contributed by atoms with E-state index < -0.39 is 9.84 Å². The molecule has 0 spiro atoms. The van der Waals surface area contributed by atoms with Gasteiger partial charge in [0, 0.05) is 38.2 Å². The van der Waals surface area contributed by atoms with E-state index in [0.29, 0.717) is 18.8 Å². The minimum atomic E-state index is -2.91. The standard InChI is InChI=1S/C17H30N2O4S/c1-2-23-8-7-19-11-15(13-3-4-13)16(12-19)18-17(20)14-5-9-24(21,22)10-6-14/h13-16H,2-12H2,1H3,(H,18,20). The fourth-order valence-electron chi connectivity index (χ4n) is 4.04. The molecule has 138 valence electrons. The van der Waals surface area contributed by atoms with Crippen molar-refractivity contribution in [2.24, 2.45) is 17.8 Å². The van der Waals surface area contributed by atoms with Crippen LogP contribution < -0.4 is 5.32 Å². The number of hydrogen-bond donors (Lipinski definition) is 1. The summed E-state index contributed by atoms with van der Waals surface area (Å²) in [5.74, 6) is 1.53. The minimum absolute atomic E-state index is 0.0622. The molecule has 0 aromatic heterocycles. The molecule has 1 saturated carbocycles. The first-order valence-electron chi connectivity index (χ1n) is 9.29. The van der Waals surface area contributed by atoms with Crippen molar-refractivity contribution < 1.29 is 17.9 Å². The highest BCUT2D eigenvalue weighted by molar-refractivity contribution is 7.91. The van der Waals surface area contributed by atoms with Gasteiger partial charge >= 0.3 is 0 Å². The Morgan fingerprint density at radius 1 is 1.17 bits per heavy atom. The summed E-state index contributed by atoms with van der Waals surface area (Å²) in [6, 6.07) is 0.213. The van der Waals surface area contributed by atoms with Gasteiger partial charge in [-0.25, -0.2) is 8.42 Å². The largest absolute Gasteiger partial charge is 0.380 e. The molecule has 0 aromatic carbocycles. The van der Waals surface area contributed by atoms with Crippen molar-refractivity contribution >= 4 is 15.7 Å². The van der Waals surface area contributed by atoms with Gasteiger partial charge in [-0.15, -0.1) is 0 Å². The average Bonchev–Trinajstić information content (AvgIpc) is 3.30. The maximum atomic E-state index is 12.6. The smallest absolute Gasteiger partial charge is 0.223 e. The summed E-state index contributed by atoms with van der Waals surface area (Å²) >= 11 is 0. The summed E-state index contributed by atoms with van der Waals surface area (Å²) in [6.45, 7) is 6.35. The van der Waals surface area contributed by atoms with Gasteiger partial charge in [-0.1, -0.05) is 0 Å². The van der Waals surface area contributed by atoms with Crippen LogP contribution in [0.5, 0.6) is 0 Å². The molecule has 3 rings (SSSR count). The van der Waals surface area contributed by atoms with E-state index in [9.17, 15) is 13.2 Å². The molecule has 1 aliphatic carbocycles.